The third-order valence-corrected chi connectivity index (χ3v) is 2.84. The first-order valence-electron chi connectivity index (χ1n) is 5.46. The van der Waals surface area contributed by atoms with Crippen LogP contribution in [0.1, 0.15) is 16.8 Å². The number of hydrogen-bond donors (Lipinski definition) is 2. The highest BCUT2D eigenvalue weighted by atomic mass is 35.5. The van der Waals surface area contributed by atoms with Gasteiger partial charge in [0.05, 0.1) is 10.6 Å². The average Bonchev–Trinajstić information content (AvgIpc) is 2.34. The molecule has 0 unspecified atom stereocenters. The molecule has 1 aromatic carbocycles. The monoisotopic (exact) mass is 269 g/mol. The highest BCUT2D eigenvalue weighted by Gasteiger charge is 2.15. The largest absolute Gasteiger partial charge is 0.399 e. The fourth-order valence-corrected chi connectivity index (χ4v) is 1.68. The van der Waals surface area contributed by atoms with Crippen molar-refractivity contribution in [3.8, 4) is 0 Å². The van der Waals surface area contributed by atoms with Gasteiger partial charge in [-0.15, -0.1) is 0 Å². The number of nitrogens with one attached hydrogen (secondary N) is 1. The smallest absolute Gasteiger partial charge is 0.255 e. The Kier molecular flexibility index (Phi) is 4.97. The summed E-state index contributed by atoms with van der Waals surface area (Å²) in [4.78, 5) is 24.6. The summed E-state index contributed by atoms with van der Waals surface area (Å²) in [5, 5.41) is 2.81. The molecule has 0 aliphatic rings. The Morgan fingerprint density at radius 3 is 2.67 bits per heavy atom. The molecular weight excluding hydrogens is 254 g/mol. The molecule has 6 heteroatoms. The van der Waals surface area contributed by atoms with Gasteiger partial charge in [-0.25, -0.2) is 0 Å². The van der Waals surface area contributed by atoms with Crippen molar-refractivity contribution in [1.29, 1.82) is 0 Å². The number of halogens is 1. The van der Waals surface area contributed by atoms with Crippen molar-refractivity contribution in [1.82, 2.24) is 10.2 Å². The molecule has 0 aliphatic carbocycles. The Bertz CT molecular complexity index is 463. The maximum absolute atomic E-state index is 12.0. The number of nitrogen functional groups attached to an aromatic ring is 1. The maximum atomic E-state index is 12.0. The van der Waals surface area contributed by atoms with Crippen molar-refractivity contribution >= 4 is 29.1 Å². The number of benzene rings is 1. The van der Waals surface area contributed by atoms with Crippen LogP contribution in [-0.2, 0) is 4.79 Å². The lowest BCUT2D eigenvalue weighted by Crippen LogP contribution is -2.31. The number of amides is 2. The quantitative estimate of drug-likeness (QED) is 0.805. The van der Waals surface area contributed by atoms with Gasteiger partial charge in [-0.2, -0.15) is 0 Å². The lowest BCUT2D eigenvalue weighted by Gasteiger charge is -2.17. The van der Waals surface area contributed by atoms with Gasteiger partial charge < -0.3 is 16.0 Å². The van der Waals surface area contributed by atoms with Crippen LogP contribution in [0.5, 0.6) is 0 Å². The minimum absolute atomic E-state index is 0.113. The summed E-state index contributed by atoms with van der Waals surface area (Å²) < 4.78 is 0. The van der Waals surface area contributed by atoms with Crippen LogP contribution in [0.25, 0.3) is 0 Å². The van der Waals surface area contributed by atoms with Crippen LogP contribution in [0.4, 0.5) is 5.69 Å². The summed E-state index contributed by atoms with van der Waals surface area (Å²) in [6.45, 7) is 0.333. The van der Waals surface area contributed by atoms with Gasteiger partial charge in [0.15, 0.2) is 0 Å². The molecule has 98 valence electrons. The van der Waals surface area contributed by atoms with Crippen molar-refractivity contribution in [3.05, 3.63) is 28.8 Å². The van der Waals surface area contributed by atoms with Crippen molar-refractivity contribution in [3.63, 3.8) is 0 Å². The number of hydrogen-bond acceptors (Lipinski definition) is 3. The Hall–Kier alpha value is -1.75. The van der Waals surface area contributed by atoms with Crippen LogP contribution in [0, 0.1) is 0 Å². The minimum atomic E-state index is -0.232. The van der Waals surface area contributed by atoms with Crippen LogP contribution < -0.4 is 11.1 Å². The fraction of sp³-hybridized carbons (Fsp3) is 0.333. The number of anilines is 1. The number of carbonyl (C=O) groups is 2. The molecule has 1 aromatic rings. The highest BCUT2D eigenvalue weighted by Crippen LogP contribution is 2.20. The molecule has 0 radical (unpaired) electrons. The van der Waals surface area contributed by atoms with E-state index in [1.165, 1.54) is 11.0 Å². The number of carbonyl (C=O) groups excluding carboxylic acids is 2. The highest BCUT2D eigenvalue weighted by molar-refractivity contribution is 6.34. The summed E-state index contributed by atoms with van der Waals surface area (Å²) >= 11 is 5.95. The van der Waals surface area contributed by atoms with E-state index in [1.807, 2.05) is 0 Å². The molecule has 0 saturated carbocycles. The standard InChI is InChI=1S/C12H16ClN3O2/c1-15-11(17)5-6-16(2)12(18)9-4-3-8(14)7-10(9)13/h3-4,7H,5-6,14H2,1-2H3,(H,15,17). The molecule has 5 nitrogen and oxygen atoms in total. The third-order valence-electron chi connectivity index (χ3n) is 2.52. The summed E-state index contributed by atoms with van der Waals surface area (Å²) in [7, 11) is 3.18. The molecule has 0 aromatic heterocycles. The lowest BCUT2D eigenvalue weighted by molar-refractivity contribution is -0.120. The minimum Gasteiger partial charge on any atom is -0.399 e. The lowest BCUT2D eigenvalue weighted by atomic mass is 10.2. The van der Waals surface area contributed by atoms with Gasteiger partial charge in [0.2, 0.25) is 5.91 Å². The second kappa shape index (κ2) is 6.26. The summed E-state index contributed by atoms with van der Waals surface area (Å²) in [6, 6.07) is 4.73. The molecule has 1 rings (SSSR count). The SMILES string of the molecule is CNC(=O)CCN(C)C(=O)c1ccc(N)cc1Cl. The van der Waals surface area contributed by atoms with Gasteiger partial charge >= 0.3 is 0 Å². The molecule has 2 amide bonds. The van der Waals surface area contributed by atoms with E-state index >= 15 is 0 Å². The van der Waals surface area contributed by atoms with E-state index in [4.69, 9.17) is 17.3 Å². The zero-order valence-electron chi connectivity index (χ0n) is 10.4. The van der Waals surface area contributed by atoms with Crippen molar-refractivity contribution in [2.75, 3.05) is 26.4 Å². The van der Waals surface area contributed by atoms with Gasteiger partial charge in [-0.05, 0) is 18.2 Å². The Balaban J connectivity index is 2.71. The Morgan fingerprint density at radius 2 is 2.11 bits per heavy atom. The molecule has 0 fully saturated rings. The molecular formula is C12H16ClN3O2. The zero-order valence-corrected chi connectivity index (χ0v) is 11.1. The number of nitrogens with two attached hydrogens (primary N) is 1. The first-order valence-corrected chi connectivity index (χ1v) is 5.84. The van der Waals surface area contributed by atoms with E-state index < -0.39 is 0 Å². The number of nitrogens with zero attached hydrogens (tertiary/aromatic N) is 1. The second-order valence-electron chi connectivity index (χ2n) is 3.89. The molecule has 0 bridgehead atoms. The van der Waals surface area contributed by atoms with E-state index in [-0.39, 0.29) is 18.2 Å². The predicted molar refractivity (Wildman–Crippen MR) is 71.5 cm³/mol. The molecule has 18 heavy (non-hydrogen) atoms. The van der Waals surface area contributed by atoms with E-state index in [0.717, 1.165) is 0 Å². The third kappa shape index (κ3) is 3.63. The van der Waals surface area contributed by atoms with Crippen LogP contribution in [-0.4, -0.2) is 37.4 Å². The molecule has 0 heterocycles. The van der Waals surface area contributed by atoms with Gasteiger partial charge in [-0.1, -0.05) is 11.6 Å². The van der Waals surface area contributed by atoms with Gasteiger partial charge in [0.25, 0.3) is 5.91 Å². The van der Waals surface area contributed by atoms with Crippen molar-refractivity contribution in [2.24, 2.45) is 0 Å². The number of rotatable bonds is 4. The zero-order chi connectivity index (χ0) is 13.7. The molecule has 0 atom stereocenters. The van der Waals surface area contributed by atoms with Gasteiger partial charge in [0.1, 0.15) is 0 Å². The normalized spacial score (nSPS) is 9.94. The summed E-state index contributed by atoms with van der Waals surface area (Å²) in [6.07, 6.45) is 0.255. The molecule has 0 saturated heterocycles. The first kappa shape index (κ1) is 14.3. The maximum Gasteiger partial charge on any atom is 0.255 e. The summed E-state index contributed by atoms with van der Waals surface area (Å²) in [5.41, 5.74) is 6.44. The Morgan fingerprint density at radius 1 is 1.44 bits per heavy atom. The topological polar surface area (TPSA) is 75.4 Å². The van der Waals surface area contributed by atoms with Crippen LogP contribution in [0.15, 0.2) is 18.2 Å². The van der Waals surface area contributed by atoms with E-state index in [0.29, 0.717) is 22.8 Å². The molecule has 3 N–H and O–H groups in total. The fourth-order valence-electron chi connectivity index (χ4n) is 1.41. The molecule has 0 aliphatic heterocycles. The van der Waals surface area contributed by atoms with Gasteiger partial charge in [-0.3, -0.25) is 9.59 Å². The van der Waals surface area contributed by atoms with Crippen LogP contribution in [0.2, 0.25) is 5.02 Å². The second-order valence-corrected chi connectivity index (χ2v) is 4.30. The van der Waals surface area contributed by atoms with E-state index in [9.17, 15) is 9.59 Å². The van der Waals surface area contributed by atoms with Crippen LogP contribution in [0.3, 0.4) is 0 Å². The van der Waals surface area contributed by atoms with Crippen molar-refractivity contribution < 1.29 is 9.59 Å². The predicted octanol–water partition coefficient (Wildman–Crippen LogP) is 1.13. The van der Waals surface area contributed by atoms with Crippen molar-refractivity contribution in [2.45, 2.75) is 6.42 Å². The summed E-state index contributed by atoms with van der Waals surface area (Å²) in [5.74, 6) is -0.345. The van der Waals surface area contributed by atoms with Gasteiger partial charge in [0, 0.05) is 32.7 Å². The Labute approximate surface area is 111 Å². The van der Waals surface area contributed by atoms with E-state index in [1.54, 1.807) is 26.2 Å². The van der Waals surface area contributed by atoms with Crippen LogP contribution >= 0.6 is 11.6 Å². The molecule has 0 spiro atoms. The average molecular weight is 270 g/mol. The first-order chi connectivity index (χ1) is 8.45. The van der Waals surface area contributed by atoms with E-state index in [2.05, 4.69) is 5.32 Å².